The molecule has 0 amide bonds. The Labute approximate surface area is 124 Å². The van der Waals surface area contributed by atoms with Crippen LogP contribution in [0, 0.1) is 0 Å². The number of rotatable bonds is 3. The van der Waals surface area contributed by atoms with Crippen molar-refractivity contribution in [2.45, 2.75) is 15.3 Å². The Morgan fingerprint density at radius 3 is 2.14 bits per heavy atom. The Balaban J connectivity index is 2.61. The Morgan fingerprint density at radius 1 is 1.00 bits per heavy atom. The largest absolute Gasteiger partial charge is 0.501 e. The topological polar surface area (TPSA) is 73.2 Å². The van der Waals surface area contributed by atoms with Gasteiger partial charge in [0.25, 0.3) is 9.84 Å². The van der Waals surface area contributed by atoms with Crippen molar-refractivity contribution >= 4 is 19.7 Å². The molecule has 0 spiro atoms. The zero-order valence-corrected chi connectivity index (χ0v) is 12.7. The van der Waals surface area contributed by atoms with E-state index in [9.17, 15) is 30.0 Å². The van der Waals surface area contributed by atoms with Crippen LogP contribution in [0.25, 0.3) is 5.69 Å². The normalized spacial score (nSPS) is 13.3. The fraction of sp³-hybridized carbons (Fsp3) is 0.167. The van der Waals surface area contributed by atoms with Crippen molar-refractivity contribution in [3.05, 3.63) is 42.7 Å². The molecule has 0 atom stereocenters. The number of benzene rings is 1. The molecule has 1 aromatic heterocycles. The molecule has 1 aromatic carbocycles. The van der Waals surface area contributed by atoms with Gasteiger partial charge in [-0.15, -0.1) is 0 Å². The lowest BCUT2D eigenvalue weighted by atomic mass is 10.3. The van der Waals surface area contributed by atoms with Crippen molar-refractivity contribution in [2.24, 2.45) is 0 Å². The molecule has 2 rings (SSSR count). The van der Waals surface area contributed by atoms with Crippen LogP contribution in [0.3, 0.4) is 0 Å². The third-order valence-electron chi connectivity index (χ3n) is 2.82. The summed E-state index contributed by atoms with van der Waals surface area (Å²) in [4.78, 5) is -1.08. The third kappa shape index (κ3) is 2.88. The number of nitrogens with zero attached hydrogens (tertiary/aromatic N) is 1. The summed E-state index contributed by atoms with van der Waals surface area (Å²) in [6, 6.07) is 6.35. The molecular weight excluding hydrogens is 343 g/mol. The Morgan fingerprint density at radius 2 is 1.59 bits per heavy atom. The number of alkyl halides is 3. The van der Waals surface area contributed by atoms with E-state index >= 15 is 0 Å². The van der Waals surface area contributed by atoms with Crippen LogP contribution in [-0.2, 0) is 19.7 Å². The molecule has 10 heteroatoms. The molecule has 0 aliphatic carbocycles. The van der Waals surface area contributed by atoms with E-state index in [-0.39, 0.29) is 10.6 Å². The minimum atomic E-state index is -5.48. The lowest BCUT2D eigenvalue weighted by Gasteiger charge is -2.09. The zero-order valence-electron chi connectivity index (χ0n) is 11.1. The predicted molar refractivity (Wildman–Crippen MR) is 72.1 cm³/mol. The summed E-state index contributed by atoms with van der Waals surface area (Å²) in [6.45, 7) is 0. The van der Waals surface area contributed by atoms with E-state index in [0.29, 0.717) is 0 Å². The first-order valence-corrected chi connectivity index (χ1v) is 9.11. The monoisotopic (exact) mass is 353 g/mol. The summed E-state index contributed by atoms with van der Waals surface area (Å²) in [5.74, 6) is 0. The molecule has 5 nitrogen and oxygen atoms in total. The van der Waals surface area contributed by atoms with Gasteiger partial charge in [0.15, 0.2) is 9.84 Å². The summed E-state index contributed by atoms with van der Waals surface area (Å²) in [6.07, 6.45) is 2.73. The van der Waals surface area contributed by atoms with Crippen molar-refractivity contribution < 1.29 is 30.0 Å². The summed E-state index contributed by atoms with van der Waals surface area (Å²) in [5.41, 5.74) is -5.36. The quantitative estimate of drug-likeness (QED) is 0.848. The van der Waals surface area contributed by atoms with Crippen LogP contribution < -0.4 is 0 Å². The van der Waals surface area contributed by atoms with Crippen LogP contribution in [-0.4, -0.2) is 33.2 Å². The van der Waals surface area contributed by atoms with Crippen molar-refractivity contribution in [1.82, 2.24) is 4.57 Å². The molecule has 0 aliphatic rings. The minimum absolute atomic E-state index is 0.0635. The Hall–Kier alpha value is -1.81. The number of halogens is 3. The fourth-order valence-corrected chi connectivity index (χ4v) is 3.44. The van der Waals surface area contributed by atoms with Gasteiger partial charge < -0.3 is 4.57 Å². The predicted octanol–water partition coefficient (Wildman–Crippen LogP) is 2.17. The molecule has 1 heterocycles. The zero-order chi connectivity index (χ0) is 16.8. The van der Waals surface area contributed by atoms with Crippen molar-refractivity contribution in [2.75, 3.05) is 6.26 Å². The SMILES string of the molecule is CS(=O)(=O)c1ccccc1-n1ccc(S(=O)(=O)C(F)(F)F)c1. The highest BCUT2D eigenvalue weighted by molar-refractivity contribution is 7.92. The second-order valence-corrected chi connectivity index (χ2v) is 8.37. The maximum atomic E-state index is 12.5. The second-order valence-electron chi connectivity index (χ2n) is 4.44. The average molecular weight is 353 g/mol. The molecule has 0 aliphatic heterocycles. The fourth-order valence-electron chi connectivity index (χ4n) is 1.80. The number of para-hydroxylation sites is 1. The summed E-state index contributed by atoms with van der Waals surface area (Å²) >= 11 is 0. The van der Waals surface area contributed by atoms with Crippen LogP contribution >= 0.6 is 0 Å². The summed E-state index contributed by atoms with van der Waals surface area (Å²) in [5, 5.41) is 0. The van der Waals surface area contributed by atoms with E-state index in [4.69, 9.17) is 0 Å². The van der Waals surface area contributed by atoms with Gasteiger partial charge in [-0.05, 0) is 18.2 Å². The minimum Gasteiger partial charge on any atom is -0.321 e. The standard InChI is InChI=1S/C12H10F3NO4S2/c1-21(17,18)11-5-3-2-4-10(11)16-7-6-9(8-16)22(19,20)12(13,14)15/h2-8H,1H3. The molecule has 0 N–H and O–H groups in total. The highest BCUT2D eigenvalue weighted by atomic mass is 32.2. The first kappa shape index (κ1) is 16.6. The van der Waals surface area contributed by atoms with E-state index in [2.05, 4.69) is 0 Å². The van der Waals surface area contributed by atoms with E-state index < -0.39 is 30.1 Å². The molecule has 0 saturated heterocycles. The van der Waals surface area contributed by atoms with Crippen LogP contribution in [0.5, 0.6) is 0 Å². The molecule has 0 fully saturated rings. The van der Waals surface area contributed by atoms with Gasteiger partial charge in [0.2, 0.25) is 0 Å². The highest BCUT2D eigenvalue weighted by Crippen LogP contribution is 2.31. The molecule has 0 radical (unpaired) electrons. The summed E-state index contributed by atoms with van der Waals surface area (Å²) < 4.78 is 84.5. The van der Waals surface area contributed by atoms with Crippen LogP contribution in [0.15, 0.2) is 52.5 Å². The molecular formula is C12H10F3NO4S2. The van der Waals surface area contributed by atoms with Gasteiger partial charge in [0.1, 0.15) is 0 Å². The van der Waals surface area contributed by atoms with Gasteiger partial charge in [-0.1, -0.05) is 12.1 Å². The number of hydrogen-bond donors (Lipinski definition) is 0. The maximum Gasteiger partial charge on any atom is 0.501 e. The molecule has 0 saturated carbocycles. The van der Waals surface area contributed by atoms with Crippen molar-refractivity contribution in [1.29, 1.82) is 0 Å². The summed E-state index contributed by atoms with van der Waals surface area (Å²) in [7, 11) is -9.11. The Bertz CT molecular complexity index is 912. The van der Waals surface area contributed by atoms with E-state index in [1.807, 2.05) is 0 Å². The van der Waals surface area contributed by atoms with E-state index in [0.717, 1.165) is 29.3 Å². The van der Waals surface area contributed by atoms with Crippen LogP contribution in [0.4, 0.5) is 13.2 Å². The Kier molecular flexibility index (Phi) is 3.86. The molecule has 2 aromatic rings. The lowest BCUT2D eigenvalue weighted by molar-refractivity contribution is -0.0436. The number of aromatic nitrogens is 1. The van der Waals surface area contributed by atoms with Crippen LogP contribution in [0.2, 0.25) is 0 Å². The molecule has 0 bridgehead atoms. The smallest absolute Gasteiger partial charge is 0.321 e. The first-order valence-electron chi connectivity index (χ1n) is 5.73. The van der Waals surface area contributed by atoms with Crippen molar-refractivity contribution in [3.8, 4) is 5.69 Å². The molecule has 0 unspecified atom stereocenters. The third-order valence-corrected chi connectivity index (χ3v) is 5.44. The van der Waals surface area contributed by atoms with E-state index in [1.54, 1.807) is 0 Å². The van der Waals surface area contributed by atoms with Gasteiger partial charge in [-0.2, -0.15) is 13.2 Å². The van der Waals surface area contributed by atoms with Crippen molar-refractivity contribution in [3.63, 3.8) is 0 Å². The first-order chi connectivity index (χ1) is 9.94. The van der Waals surface area contributed by atoms with Gasteiger partial charge in [-0.3, -0.25) is 0 Å². The van der Waals surface area contributed by atoms with Crippen LogP contribution in [0.1, 0.15) is 0 Å². The van der Waals surface area contributed by atoms with Gasteiger partial charge in [-0.25, -0.2) is 16.8 Å². The molecule has 22 heavy (non-hydrogen) atoms. The highest BCUT2D eigenvalue weighted by Gasteiger charge is 2.47. The lowest BCUT2D eigenvalue weighted by Crippen LogP contribution is -2.22. The average Bonchev–Trinajstić information content (AvgIpc) is 2.86. The van der Waals surface area contributed by atoms with Gasteiger partial charge in [0.05, 0.1) is 15.5 Å². The second kappa shape index (κ2) is 5.13. The molecule has 120 valence electrons. The van der Waals surface area contributed by atoms with Gasteiger partial charge >= 0.3 is 5.51 Å². The number of sulfone groups is 2. The van der Waals surface area contributed by atoms with Gasteiger partial charge in [0, 0.05) is 18.6 Å². The number of hydrogen-bond acceptors (Lipinski definition) is 4. The van der Waals surface area contributed by atoms with E-state index in [1.165, 1.54) is 24.3 Å². The maximum absolute atomic E-state index is 12.5.